The number of hydrogen-bond donors (Lipinski definition) is 1. The Hall–Kier alpha value is -1.35. The number of imidazole rings is 1. The minimum atomic E-state index is -0.00796. The smallest absolute Gasteiger partial charge is 0.127 e. The van der Waals surface area contributed by atoms with Crippen LogP contribution >= 0.6 is 0 Å². The van der Waals surface area contributed by atoms with E-state index >= 15 is 0 Å². The summed E-state index contributed by atoms with van der Waals surface area (Å²) in [6, 6.07) is 8.70. The third kappa shape index (κ3) is 2.15. The molecule has 0 saturated carbocycles. The zero-order valence-corrected chi connectivity index (χ0v) is 11.7. The van der Waals surface area contributed by atoms with Crippen molar-refractivity contribution >= 4 is 11.0 Å². The van der Waals surface area contributed by atoms with Gasteiger partial charge in [-0.25, -0.2) is 4.98 Å². The molecule has 3 nitrogen and oxygen atoms in total. The third-order valence-electron chi connectivity index (χ3n) is 3.67. The lowest BCUT2D eigenvalue weighted by molar-refractivity contribution is 0.438. The van der Waals surface area contributed by atoms with E-state index < -0.39 is 0 Å². The summed E-state index contributed by atoms with van der Waals surface area (Å²) in [7, 11) is 0. The van der Waals surface area contributed by atoms with Gasteiger partial charge in [-0.15, -0.1) is 0 Å². The number of nitrogens with two attached hydrogens (primary N) is 1. The third-order valence-corrected chi connectivity index (χ3v) is 3.67. The lowest BCUT2D eigenvalue weighted by Gasteiger charge is -2.21. The summed E-state index contributed by atoms with van der Waals surface area (Å²) < 4.78 is 2.31. The highest BCUT2D eigenvalue weighted by Gasteiger charge is 2.21. The zero-order chi connectivity index (χ0) is 13.3. The lowest BCUT2D eigenvalue weighted by atomic mass is 10.0. The molecule has 0 aliphatic heterocycles. The average Bonchev–Trinajstić information content (AvgIpc) is 2.75. The molecule has 98 valence electrons. The first-order valence-corrected chi connectivity index (χ1v) is 6.78. The van der Waals surface area contributed by atoms with Crippen molar-refractivity contribution in [2.75, 3.05) is 0 Å². The van der Waals surface area contributed by atoms with Gasteiger partial charge in [0.05, 0.1) is 17.1 Å². The number of benzene rings is 1. The monoisotopic (exact) mass is 245 g/mol. The highest BCUT2D eigenvalue weighted by molar-refractivity contribution is 5.76. The van der Waals surface area contributed by atoms with Crippen LogP contribution in [0.4, 0.5) is 0 Å². The molecular weight excluding hydrogens is 222 g/mol. The lowest BCUT2D eigenvalue weighted by Crippen LogP contribution is -2.23. The van der Waals surface area contributed by atoms with Gasteiger partial charge >= 0.3 is 0 Å². The Morgan fingerprint density at radius 3 is 2.50 bits per heavy atom. The maximum atomic E-state index is 6.31. The summed E-state index contributed by atoms with van der Waals surface area (Å²) in [6.45, 7) is 8.71. The summed E-state index contributed by atoms with van der Waals surface area (Å²) in [5, 5.41) is 0. The SMILES string of the molecule is CCC(C)n1c(C(N)C(C)C)nc2ccccc21. The van der Waals surface area contributed by atoms with E-state index in [2.05, 4.69) is 50.5 Å². The first-order chi connectivity index (χ1) is 8.56. The first-order valence-electron chi connectivity index (χ1n) is 6.78. The quantitative estimate of drug-likeness (QED) is 0.893. The maximum Gasteiger partial charge on any atom is 0.127 e. The van der Waals surface area contributed by atoms with E-state index in [1.807, 2.05) is 6.07 Å². The van der Waals surface area contributed by atoms with E-state index in [0.29, 0.717) is 12.0 Å². The van der Waals surface area contributed by atoms with E-state index in [0.717, 1.165) is 17.8 Å². The van der Waals surface area contributed by atoms with Crippen molar-refractivity contribution in [2.45, 2.75) is 46.2 Å². The highest BCUT2D eigenvalue weighted by atomic mass is 15.1. The van der Waals surface area contributed by atoms with Crippen LogP contribution < -0.4 is 5.73 Å². The second-order valence-electron chi connectivity index (χ2n) is 5.36. The number of nitrogens with zero attached hydrogens (tertiary/aromatic N) is 2. The van der Waals surface area contributed by atoms with Gasteiger partial charge in [0.15, 0.2) is 0 Å². The molecule has 0 fully saturated rings. The van der Waals surface area contributed by atoms with Gasteiger partial charge < -0.3 is 10.3 Å². The second kappa shape index (κ2) is 5.11. The fourth-order valence-electron chi connectivity index (χ4n) is 2.24. The number of aromatic nitrogens is 2. The van der Waals surface area contributed by atoms with E-state index in [1.54, 1.807) is 0 Å². The molecule has 2 unspecified atom stereocenters. The summed E-state index contributed by atoms with van der Waals surface area (Å²) in [4.78, 5) is 4.74. The molecule has 0 bridgehead atoms. The van der Waals surface area contributed by atoms with Gasteiger partial charge in [-0.3, -0.25) is 0 Å². The fourth-order valence-corrected chi connectivity index (χ4v) is 2.24. The van der Waals surface area contributed by atoms with Crippen LogP contribution in [-0.4, -0.2) is 9.55 Å². The van der Waals surface area contributed by atoms with Crippen molar-refractivity contribution in [1.29, 1.82) is 0 Å². The normalized spacial score (nSPS) is 15.2. The Kier molecular flexibility index (Phi) is 3.71. The number of hydrogen-bond acceptors (Lipinski definition) is 2. The van der Waals surface area contributed by atoms with Gasteiger partial charge in [-0.2, -0.15) is 0 Å². The molecule has 18 heavy (non-hydrogen) atoms. The predicted molar refractivity (Wildman–Crippen MR) is 76.5 cm³/mol. The minimum absolute atomic E-state index is 0.00796. The molecule has 2 atom stereocenters. The van der Waals surface area contributed by atoms with E-state index in [-0.39, 0.29) is 6.04 Å². The molecule has 1 aromatic carbocycles. The Bertz CT molecular complexity index is 528. The average molecular weight is 245 g/mol. The molecule has 1 heterocycles. The van der Waals surface area contributed by atoms with Crippen LogP contribution in [0, 0.1) is 5.92 Å². The summed E-state index contributed by atoms with van der Waals surface area (Å²) in [5.74, 6) is 1.41. The molecular formula is C15H23N3. The van der Waals surface area contributed by atoms with Crippen molar-refractivity contribution in [3.05, 3.63) is 30.1 Å². The van der Waals surface area contributed by atoms with E-state index in [4.69, 9.17) is 10.7 Å². The van der Waals surface area contributed by atoms with Gasteiger partial charge in [-0.1, -0.05) is 32.9 Å². The van der Waals surface area contributed by atoms with Gasteiger partial charge in [0.1, 0.15) is 5.82 Å². The Balaban J connectivity index is 2.64. The Labute approximate surface area is 109 Å². The zero-order valence-electron chi connectivity index (χ0n) is 11.7. The van der Waals surface area contributed by atoms with Gasteiger partial charge in [0.2, 0.25) is 0 Å². The molecule has 2 rings (SSSR count). The number of fused-ring (bicyclic) bond motifs is 1. The van der Waals surface area contributed by atoms with Crippen LogP contribution in [0.25, 0.3) is 11.0 Å². The van der Waals surface area contributed by atoms with Crippen LogP contribution in [0.3, 0.4) is 0 Å². The first kappa shape index (κ1) is 13.1. The minimum Gasteiger partial charge on any atom is -0.324 e. The molecule has 0 aliphatic carbocycles. The fraction of sp³-hybridized carbons (Fsp3) is 0.533. The van der Waals surface area contributed by atoms with Crippen molar-refractivity contribution in [2.24, 2.45) is 11.7 Å². The van der Waals surface area contributed by atoms with Gasteiger partial charge in [0.25, 0.3) is 0 Å². The van der Waals surface area contributed by atoms with Crippen LogP contribution in [-0.2, 0) is 0 Å². The number of para-hydroxylation sites is 2. The molecule has 0 spiro atoms. The van der Waals surface area contributed by atoms with Crippen LogP contribution in [0.2, 0.25) is 0 Å². The van der Waals surface area contributed by atoms with Gasteiger partial charge in [-0.05, 0) is 31.4 Å². The maximum absolute atomic E-state index is 6.31. The number of rotatable bonds is 4. The van der Waals surface area contributed by atoms with Crippen molar-refractivity contribution in [3.8, 4) is 0 Å². The van der Waals surface area contributed by atoms with Crippen molar-refractivity contribution in [1.82, 2.24) is 9.55 Å². The molecule has 1 aromatic heterocycles. The molecule has 3 heteroatoms. The van der Waals surface area contributed by atoms with Gasteiger partial charge in [0, 0.05) is 6.04 Å². The van der Waals surface area contributed by atoms with Crippen LogP contribution in [0.1, 0.15) is 52.0 Å². The topological polar surface area (TPSA) is 43.8 Å². The van der Waals surface area contributed by atoms with Crippen LogP contribution in [0.15, 0.2) is 24.3 Å². The standard InChI is InChI=1S/C15H23N3/c1-5-11(4)18-13-9-7-6-8-12(13)17-15(18)14(16)10(2)3/h6-11,14H,5,16H2,1-4H3. The highest BCUT2D eigenvalue weighted by Crippen LogP contribution is 2.28. The molecule has 0 amide bonds. The summed E-state index contributed by atoms with van der Waals surface area (Å²) in [6.07, 6.45) is 1.08. The molecule has 2 aromatic rings. The predicted octanol–water partition coefficient (Wildman–Crippen LogP) is 3.66. The van der Waals surface area contributed by atoms with E-state index in [1.165, 1.54) is 5.52 Å². The molecule has 0 aliphatic rings. The van der Waals surface area contributed by atoms with Crippen LogP contribution in [0.5, 0.6) is 0 Å². The Morgan fingerprint density at radius 1 is 1.22 bits per heavy atom. The van der Waals surface area contributed by atoms with Crippen molar-refractivity contribution in [3.63, 3.8) is 0 Å². The molecule has 2 N–H and O–H groups in total. The van der Waals surface area contributed by atoms with E-state index in [9.17, 15) is 0 Å². The summed E-state index contributed by atoms with van der Waals surface area (Å²) >= 11 is 0. The molecule has 0 saturated heterocycles. The summed E-state index contributed by atoms with van der Waals surface area (Å²) in [5.41, 5.74) is 8.55. The largest absolute Gasteiger partial charge is 0.324 e. The Morgan fingerprint density at radius 2 is 1.89 bits per heavy atom. The van der Waals surface area contributed by atoms with Crippen molar-refractivity contribution < 1.29 is 0 Å². The second-order valence-corrected chi connectivity index (χ2v) is 5.36. The molecule has 0 radical (unpaired) electrons.